The first-order chi connectivity index (χ1) is 18.5. The van der Waals surface area contributed by atoms with Crippen LogP contribution >= 0.6 is 0 Å². The number of hydrazine groups is 1. The van der Waals surface area contributed by atoms with Crippen molar-refractivity contribution in [2.24, 2.45) is 0 Å². The predicted molar refractivity (Wildman–Crippen MR) is 140 cm³/mol. The molecule has 4 aromatic rings. The number of aromatic nitrogens is 2. The number of aryl methyl sites for hydroxylation is 1. The smallest absolute Gasteiger partial charge is 0.276 e. The number of benzene rings is 2. The van der Waals surface area contributed by atoms with Gasteiger partial charge in [-0.25, -0.2) is 10.4 Å². The highest BCUT2D eigenvalue weighted by Gasteiger charge is 2.35. The lowest BCUT2D eigenvalue weighted by Gasteiger charge is -2.32. The van der Waals surface area contributed by atoms with E-state index in [1.165, 1.54) is 5.56 Å². The number of likely N-dealkylation sites (tertiary alicyclic amines) is 1. The van der Waals surface area contributed by atoms with Gasteiger partial charge in [-0.05, 0) is 43.0 Å². The van der Waals surface area contributed by atoms with Gasteiger partial charge in [0.1, 0.15) is 5.58 Å². The van der Waals surface area contributed by atoms with Crippen molar-refractivity contribution in [3.63, 3.8) is 0 Å². The number of hydrogen-bond acceptors (Lipinski definition) is 6. The SMILES string of the molecule is CCc1ccc2c(CC(=O)N3CCC(n4cc(CNN5C(=O)c6ccccc6C5=O)cn4)CC3)coc2c1. The third-order valence-electron chi connectivity index (χ3n) is 7.55. The Morgan fingerprint density at radius 1 is 1.05 bits per heavy atom. The molecule has 4 heterocycles. The van der Waals surface area contributed by atoms with Crippen molar-refractivity contribution in [2.45, 2.75) is 45.2 Å². The molecule has 38 heavy (non-hydrogen) atoms. The van der Waals surface area contributed by atoms with Gasteiger partial charge in [-0.3, -0.25) is 19.1 Å². The van der Waals surface area contributed by atoms with Gasteiger partial charge in [0.05, 0.1) is 36.0 Å². The Hall–Kier alpha value is -4.24. The second-order valence-corrected chi connectivity index (χ2v) is 9.89. The monoisotopic (exact) mass is 511 g/mol. The van der Waals surface area contributed by atoms with E-state index < -0.39 is 0 Å². The normalized spacial score (nSPS) is 16.0. The van der Waals surface area contributed by atoms with Crippen LogP contribution in [-0.2, 0) is 24.2 Å². The van der Waals surface area contributed by atoms with Crippen LogP contribution in [0.25, 0.3) is 11.0 Å². The molecule has 0 saturated carbocycles. The molecule has 1 saturated heterocycles. The molecule has 0 spiro atoms. The van der Waals surface area contributed by atoms with Gasteiger partial charge in [0, 0.05) is 42.3 Å². The van der Waals surface area contributed by atoms with Crippen molar-refractivity contribution >= 4 is 28.7 Å². The topological polar surface area (TPSA) is 101 Å². The summed E-state index contributed by atoms with van der Waals surface area (Å²) in [7, 11) is 0. The van der Waals surface area contributed by atoms with Crippen molar-refractivity contribution in [3.05, 3.63) is 88.9 Å². The molecular weight excluding hydrogens is 482 g/mol. The number of amides is 3. The average Bonchev–Trinajstić information content (AvgIpc) is 3.65. The third kappa shape index (κ3) is 4.39. The molecule has 0 unspecified atom stereocenters. The van der Waals surface area contributed by atoms with E-state index in [0.29, 0.717) is 37.2 Å². The van der Waals surface area contributed by atoms with E-state index in [4.69, 9.17) is 4.42 Å². The van der Waals surface area contributed by atoms with Gasteiger partial charge >= 0.3 is 0 Å². The van der Waals surface area contributed by atoms with Crippen molar-refractivity contribution in [1.82, 2.24) is 25.1 Å². The maximum atomic E-state index is 13.0. The summed E-state index contributed by atoms with van der Waals surface area (Å²) in [6.45, 7) is 3.75. The van der Waals surface area contributed by atoms with Crippen LogP contribution in [0.1, 0.15) is 63.2 Å². The number of carbonyl (C=O) groups excluding carboxylic acids is 3. The summed E-state index contributed by atoms with van der Waals surface area (Å²) in [6.07, 6.45) is 8.29. The number of hydrogen-bond donors (Lipinski definition) is 1. The quantitative estimate of drug-likeness (QED) is 0.378. The second-order valence-electron chi connectivity index (χ2n) is 9.89. The van der Waals surface area contributed by atoms with E-state index in [9.17, 15) is 14.4 Å². The van der Waals surface area contributed by atoms with Crippen molar-refractivity contribution < 1.29 is 18.8 Å². The molecule has 1 fully saturated rings. The lowest BCUT2D eigenvalue weighted by Crippen LogP contribution is -2.41. The van der Waals surface area contributed by atoms with Crippen molar-refractivity contribution in [1.29, 1.82) is 0 Å². The minimum absolute atomic E-state index is 0.108. The summed E-state index contributed by atoms with van der Waals surface area (Å²) >= 11 is 0. The van der Waals surface area contributed by atoms with Gasteiger partial charge < -0.3 is 9.32 Å². The Labute approximate surface area is 220 Å². The van der Waals surface area contributed by atoms with Crippen LogP contribution in [0.4, 0.5) is 0 Å². The first-order valence-electron chi connectivity index (χ1n) is 13.0. The van der Waals surface area contributed by atoms with E-state index in [1.807, 2.05) is 27.9 Å². The Bertz CT molecular complexity index is 1490. The summed E-state index contributed by atoms with van der Waals surface area (Å²) in [5.74, 6) is -0.578. The number of nitrogens with one attached hydrogen (secondary N) is 1. The number of carbonyl (C=O) groups is 3. The van der Waals surface area contributed by atoms with E-state index >= 15 is 0 Å². The first-order valence-corrected chi connectivity index (χ1v) is 13.0. The zero-order valence-corrected chi connectivity index (χ0v) is 21.2. The number of nitrogens with zero attached hydrogens (tertiary/aromatic N) is 4. The molecule has 3 amide bonds. The Morgan fingerprint density at radius 3 is 2.50 bits per heavy atom. The summed E-state index contributed by atoms with van der Waals surface area (Å²) in [4.78, 5) is 40.0. The standard InChI is InChI=1S/C29H29N5O4/c1-2-19-7-8-23-21(18-38-26(23)13-19)14-27(35)32-11-9-22(10-12-32)33-17-20(15-30-33)16-31-34-28(36)24-5-3-4-6-25(24)29(34)37/h3-8,13,15,17-18,22,31H,2,9-12,14,16H2,1H3. The van der Waals surface area contributed by atoms with E-state index in [0.717, 1.165) is 46.4 Å². The highest BCUT2D eigenvalue weighted by molar-refractivity contribution is 6.20. The summed E-state index contributed by atoms with van der Waals surface area (Å²) in [5, 5.41) is 6.59. The van der Waals surface area contributed by atoms with E-state index in [2.05, 4.69) is 23.5 Å². The fraction of sp³-hybridized carbons (Fsp3) is 0.310. The Kier molecular flexibility index (Phi) is 6.29. The number of fused-ring (bicyclic) bond motifs is 2. The zero-order chi connectivity index (χ0) is 26.2. The molecule has 2 aliphatic heterocycles. The largest absolute Gasteiger partial charge is 0.464 e. The van der Waals surface area contributed by atoms with Gasteiger partial charge in [0.25, 0.3) is 11.8 Å². The van der Waals surface area contributed by atoms with Crippen LogP contribution in [0.5, 0.6) is 0 Å². The third-order valence-corrected chi connectivity index (χ3v) is 7.55. The van der Waals surface area contributed by atoms with Gasteiger partial charge in [0.15, 0.2) is 0 Å². The molecule has 9 heteroatoms. The number of rotatable bonds is 7. The summed E-state index contributed by atoms with van der Waals surface area (Å²) in [6, 6.07) is 13.2. The highest BCUT2D eigenvalue weighted by atomic mass is 16.3. The van der Waals surface area contributed by atoms with Crippen molar-refractivity contribution in [2.75, 3.05) is 13.1 Å². The maximum absolute atomic E-state index is 13.0. The van der Waals surface area contributed by atoms with Crippen LogP contribution in [0.3, 0.4) is 0 Å². The van der Waals surface area contributed by atoms with Gasteiger partial charge in [0.2, 0.25) is 5.91 Å². The highest BCUT2D eigenvalue weighted by Crippen LogP contribution is 2.26. The number of imide groups is 1. The minimum atomic E-state index is -0.343. The molecule has 6 rings (SSSR count). The molecule has 0 radical (unpaired) electrons. The van der Waals surface area contributed by atoms with E-state index in [1.54, 1.807) is 36.7 Å². The van der Waals surface area contributed by atoms with Crippen LogP contribution in [0.15, 0.2) is 65.5 Å². The molecule has 0 aliphatic carbocycles. The lowest BCUT2D eigenvalue weighted by atomic mass is 10.0. The first kappa shape index (κ1) is 24.1. The van der Waals surface area contributed by atoms with Crippen LogP contribution in [0.2, 0.25) is 0 Å². The zero-order valence-electron chi connectivity index (χ0n) is 21.2. The van der Waals surface area contributed by atoms with Gasteiger partial charge in [-0.15, -0.1) is 0 Å². The fourth-order valence-corrected chi connectivity index (χ4v) is 5.31. The Morgan fingerprint density at radius 2 is 1.79 bits per heavy atom. The van der Waals surface area contributed by atoms with Gasteiger partial charge in [-0.1, -0.05) is 31.2 Å². The minimum Gasteiger partial charge on any atom is -0.464 e. The van der Waals surface area contributed by atoms with Crippen LogP contribution in [0, 0.1) is 0 Å². The molecule has 2 aliphatic rings. The molecule has 0 bridgehead atoms. The predicted octanol–water partition coefficient (Wildman–Crippen LogP) is 3.90. The average molecular weight is 512 g/mol. The second kappa shape index (κ2) is 9.90. The van der Waals surface area contributed by atoms with Crippen LogP contribution < -0.4 is 5.43 Å². The lowest BCUT2D eigenvalue weighted by molar-refractivity contribution is -0.131. The number of piperidine rings is 1. The van der Waals surface area contributed by atoms with Gasteiger partial charge in [-0.2, -0.15) is 5.10 Å². The molecule has 2 aromatic carbocycles. The fourth-order valence-electron chi connectivity index (χ4n) is 5.31. The molecule has 9 nitrogen and oxygen atoms in total. The summed E-state index contributed by atoms with van der Waals surface area (Å²) in [5.41, 5.74) is 7.61. The maximum Gasteiger partial charge on any atom is 0.276 e. The van der Waals surface area contributed by atoms with E-state index in [-0.39, 0.29) is 23.8 Å². The Balaban J connectivity index is 1.02. The molecule has 2 aromatic heterocycles. The molecule has 194 valence electrons. The van der Waals surface area contributed by atoms with Crippen LogP contribution in [-0.4, -0.2) is 50.5 Å². The van der Waals surface area contributed by atoms with Crippen molar-refractivity contribution in [3.8, 4) is 0 Å². The molecule has 0 atom stereocenters. The summed E-state index contributed by atoms with van der Waals surface area (Å²) < 4.78 is 7.64. The number of furan rings is 1. The molecular formula is C29H29N5O4. The molecule has 1 N–H and O–H groups in total.